The summed E-state index contributed by atoms with van der Waals surface area (Å²) in [6, 6.07) is 10.2. The molecule has 2 fully saturated rings. The standard InChI is InChI=1S/C15H22N2/c1-12-5-2-3-6-13(12)9-14-11-17-8-4-7-15(17)10-16-14/h2-3,5-6,14-16H,4,7-11H2,1H3/t14-,15+/m1/s1. The molecule has 0 aliphatic carbocycles. The van der Waals surface area contributed by atoms with Crippen LogP contribution in [0.2, 0.25) is 0 Å². The van der Waals surface area contributed by atoms with Gasteiger partial charge in [0.2, 0.25) is 0 Å². The molecule has 2 saturated heterocycles. The Kier molecular flexibility index (Phi) is 3.17. The van der Waals surface area contributed by atoms with Gasteiger partial charge < -0.3 is 5.32 Å². The minimum atomic E-state index is 0.644. The third-order valence-corrected chi connectivity index (χ3v) is 4.32. The lowest BCUT2D eigenvalue weighted by molar-refractivity contribution is 0.172. The number of nitrogens with one attached hydrogen (secondary N) is 1. The quantitative estimate of drug-likeness (QED) is 0.835. The van der Waals surface area contributed by atoms with Crippen LogP contribution < -0.4 is 5.32 Å². The normalized spacial score (nSPS) is 29.2. The number of piperazine rings is 1. The van der Waals surface area contributed by atoms with E-state index in [0.717, 1.165) is 6.04 Å². The van der Waals surface area contributed by atoms with E-state index in [1.54, 1.807) is 0 Å². The van der Waals surface area contributed by atoms with Crippen LogP contribution in [0.5, 0.6) is 0 Å². The second kappa shape index (κ2) is 4.79. The molecule has 0 aromatic heterocycles. The smallest absolute Gasteiger partial charge is 0.0236 e. The van der Waals surface area contributed by atoms with Crippen molar-refractivity contribution < 1.29 is 0 Å². The van der Waals surface area contributed by atoms with E-state index in [0.29, 0.717) is 6.04 Å². The molecule has 2 heterocycles. The summed E-state index contributed by atoms with van der Waals surface area (Å²) in [7, 11) is 0. The molecule has 2 heteroatoms. The van der Waals surface area contributed by atoms with Gasteiger partial charge in [-0.15, -0.1) is 0 Å². The molecule has 2 nitrogen and oxygen atoms in total. The van der Waals surface area contributed by atoms with Gasteiger partial charge in [-0.05, 0) is 43.9 Å². The maximum absolute atomic E-state index is 3.72. The van der Waals surface area contributed by atoms with E-state index in [4.69, 9.17) is 0 Å². The molecule has 0 amide bonds. The van der Waals surface area contributed by atoms with Crippen molar-refractivity contribution in [3.05, 3.63) is 35.4 Å². The van der Waals surface area contributed by atoms with Gasteiger partial charge in [-0.25, -0.2) is 0 Å². The van der Waals surface area contributed by atoms with Crippen LogP contribution in [0.1, 0.15) is 24.0 Å². The van der Waals surface area contributed by atoms with Gasteiger partial charge in [0.1, 0.15) is 0 Å². The van der Waals surface area contributed by atoms with Crippen LogP contribution in [-0.2, 0) is 6.42 Å². The number of nitrogens with zero attached hydrogens (tertiary/aromatic N) is 1. The van der Waals surface area contributed by atoms with E-state index < -0.39 is 0 Å². The molecule has 2 aliphatic heterocycles. The van der Waals surface area contributed by atoms with Crippen LogP contribution in [0.15, 0.2) is 24.3 Å². The fourth-order valence-electron chi connectivity index (χ4n) is 3.26. The molecule has 2 atom stereocenters. The van der Waals surface area contributed by atoms with Crippen molar-refractivity contribution >= 4 is 0 Å². The van der Waals surface area contributed by atoms with Crippen LogP contribution in [-0.4, -0.2) is 36.6 Å². The highest BCUT2D eigenvalue weighted by atomic mass is 15.2. The first kappa shape index (κ1) is 11.2. The van der Waals surface area contributed by atoms with Gasteiger partial charge in [-0.2, -0.15) is 0 Å². The number of hydrogen-bond acceptors (Lipinski definition) is 2. The van der Waals surface area contributed by atoms with Crippen LogP contribution in [0.4, 0.5) is 0 Å². The fraction of sp³-hybridized carbons (Fsp3) is 0.600. The van der Waals surface area contributed by atoms with E-state index in [9.17, 15) is 0 Å². The van der Waals surface area contributed by atoms with Crippen LogP contribution in [0.25, 0.3) is 0 Å². The molecule has 1 aromatic carbocycles. The van der Waals surface area contributed by atoms with Gasteiger partial charge in [0.25, 0.3) is 0 Å². The summed E-state index contributed by atoms with van der Waals surface area (Å²) in [6.45, 7) is 5.96. The zero-order valence-corrected chi connectivity index (χ0v) is 10.7. The molecule has 0 unspecified atom stereocenters. The minimum absolute atomic E-state index is 0.644. The van der Waals surface area contributed by atoms with Crippen LogP contribution >= 0.6 is 0 Å². The van der Waals surface area contributed by atoms with Crippen LogP contribution in [0, 0.1) is 6.92 Å². The van der Waals surface area contributed by atoms with E-state index in [1.807, 2.05) is 0 Å². The van der Waals surface area contributed by atoms with Crippen molar-refractivity contribution in [2.24, 2.45) is 0 Å². The predicted molar refractivity (Wildman–Crippen MR) is 71.3 cm³/mol. The van der Waals surface area contributed by atoms with E-state index in [2.05, 4.69) is 41.4 Å². The average molecular weight is 230 g/mol. The van der Waals surface area contributed by atoms with Crippen molar-refractivity contribution in [3.63, 3.8) is 0 Å². The lowest BCUT2D eigenvalue weighted by atomic mass is 9.99. The molecule has 0 radical (unpaired) electrons. The second-order valence-electron chi connectivity index (χ2n) is 5.53. The first-order chi connectivity index (χ1) is 8.33. The van der Waals surface area contributed by atoms with Gasteiger partial charge in [-0.3, -0.25) is 4.90 Å². The first-order valence-corrected chi connectivity index (χ1v) is 6.85. The van der Waals surface area contributed by atoms with Gasteiger partial charge in [0.15, 0.2) is 0 Å². The van der Waals surface area contributed by atoms with Crippen molar-refractivity contribution in [3.8, 4) is 0 Å². The zero-order chi connectivity index (χ0) is 11.7. The monoisotopic (exact) mass is 230 g/mol. The maximum atomic E-state index is 3.72. The zero-order valence-electron chi connectivity index (χ0n) is 10.7. The Morgan fingerprint density at radius 3 is 3.12 bits per heavy atom. The number of rotatable bonds is 2. The fourth-order valence-corrected chi connectivity index (χ4v) is 3.26. The second-order valence-corrected chi connectivity index (χ2v) is 5.53. The third-order valence-electron chi connectivity index (χ3n) is 4.32. The lowest BCUT2D eigenvalue weighted by Gasteiger charge is -2.36. The molecular formula is C15H22N2. The highest BCUT2D eigenvalue weighted by molar-refractivity contribution is 5.26. The summed E-state index contributed by atoms with van der Waals surface area (Å²) in [5.74, 6) is 0. The summed E-state index contributed by atoms with van der Waals surface area (Å²) in [5, 5.41) is 3.72. The first-order valence-electron chi connectivity index (χ1n) is 6.85. The predicted octanol–water partition coefficient (Wildman–Crippen LogP) is 1.97. The number of hydrogen-bond donors (Lipinski definition) is 1. The van der Waals surface area contributed by atoms with E-state index in [-0.39, 0.29) is 0 Å². The van der Waals surface area contributed by atoms with Crippen LogP contribution in [0.3, 0.4) is 0 Å². The molecule has 1 aromatic rings. The minimum Gasteiger partial charge on any atom is -0.311 e. The summed E-state index contributed by atoms with van der Waals surface area (Å²) in [6.07, 6.45) is 3.96. The van der Waals surface area contributed by atoms with Gasteiger partial charge in [-0.1, -0.05) is 24.3 Å². The highest BCUT2D eigenvalue weighted by Crippen LogP contribution is 2.21. The number of fused-ring (bicyclic) bond motifs is 1. The molecule has 0 saturated carbocycles. The largest absolute Gasteiger partial charge is 0.311 e. The van der Waals surface area contributed by atoms with E-state index >= 15 is 0 Å². The summed E-state index contributed by atoms with van der Waals surface area (Å²) in [4.78, 5) is 2.68. The topological polar surface area (TPSA) is 15.3 Å². The summed E-state index contributed by atoms with van der Waals surface area (Å²) in [5.41, 5.74) is 2.93. The Morgan fingerprint density at radius 1 is 1.35 bits per heavy atom. The molecule has 3 rings (SSSR count). The van der Waals surface area contributed by atoms with Crippen molar-refractivity contribution in [2.45, 2.75) is 38.3 Å². The third kappa shape index (κ3) is 2.38. The molecule has 0 spiro atoms. The molecule has 0 bridgehead atoms. The average Bonchev–Trinajstić information content (AvgIpc) is 2.79. The number of benzene rings is 1. The van der Waals surface area contributed by atoms with Crippen molar-refractivity contribution in [2.75, 3.05) is 19.6 Å². The SMILES string of the molecule is Cc1ccccc1C[C@@H]1CN2CCC[C@H]2CN1. The summed E-state index contributed by atoms with van der Waals surface area (Å²) < 4.78 is 0. The summed E-state index contributed by atoms with van der Waals surface area (Å²) >= 11 is 0. The maximum Gasteiger partial charge on any atom is 0.0236 e. The molecular weight excluding hydrogens is 208 g/mol. The number of aryl methyl sites for hydroxylation is 1. The van der Waals surface area contributed by atoms with E-state index in [1.165, 1.54) is 50.0 Å². The van der Waals surface area contributed by atoms with Gasteiger partial charge in [0.05, 0.1) is 0 Å². The highest BCUT2D eigenvalue weighted by Gasteiger charge is 2.31. The van der Waals surface area contributed by atoms with Gasteiger partial charge in [0, 0.05) is 25.2 Å². The Hall–Kier alpha value is -0.860. The molecule has 92 valence electrons. The molecule has 1 N–H and O–H groups in total. The Bertz CT molecular complexity index is 388. The van der Waals surface area contributed by atoms with Crippen molar-refractivity contribution in [1.29, 1.82) is 0 Å². The molecule has 17 heavy (non-hydrogen) atoms. The Morgan fingerprint density at radius 2 is 2.24 bits per heavy atom. The van der Waals surface area contributed by atoms with Gasteiger partial charge >= 0.3 is 0 Å². The Balaban J connectivity index is 1.64. The van der Waals surface area contributed by atoms with Crippen molar-refractivity contribution in [1.82, 2.24) is 10.2 Å². The Labute approximate surface area is 104 Å². The molecule has 2 aliphatic rings. The lowest BCUT2D eigenvalue weighted by Crippen LogP contribution is -2.54.